The summed E-state index contributed by atoms with van der Waals surface area (Å²) in [6.07, 6.45) is -9.88. The first-order valence-corrected chi connectivity index (χ1v) is 10.1. The molecule has 0 atom stereocenters. The Bertz CT molecular complexity index is 1310. The first-order valence-electron chi connectivity index (χ1n) is 9.71. The maximum atomic E-state index is 13.9. The molecule has 0 aliphatic heterocycles. The molecule has 3 aromatic heterocycles. The lowest BCUT2D eigenvalue weighted by atomic mass is 10.1. The molecule has 7 nitrogen and oxygen atoms in total. The van der Waals surface area contributed by atoms with E-state index in [4.69, 9.17) is 17.0 Å². The lowest BCUT2D eigenvalue weighted by Crippen LogP contribution is -2.40. The summed E-state index contributed by atoms with van der Waals surface area (Å²) in [5, 5.41) is 0. The van der Waals surface area contributed by atoms with Gasteiger partial charge in [-0.15, -0.1) is 0 Å². The molecule has 1 N–H and O–H groups in total. The van der Waals surface area contributed by atoms with Gasteiger partial charge in [0, 0.05) is 18.4 Å². The second-order valence-corrected chi connectivity index (χ2v) is 7.79. The number of pyridine rings is 2. The second-order valence-electron chi connectivity index (χ2n) is 7.41. The number of nitrogens with zero attached hydrogens (tertiary/aromatic N) is 4. The molecule has 0 unspecified atom stereocenters. The van der Waals surface area contributed by atoms with Crippen molar-refractivity contribution in [2.75, 3.05) is 4.90 Å². The molecule has 0 aromatic carbocycles. The third-order valence-electron chi connectivity index (χ3n) is 4.58. The standard InChI is InChI=1S/C20H16F7N5O2S/c1-9(2)32(14-5-4-12(21)10(3)29-14)18(33)34-15-11(19(22,23)24)8-13(20(25,26)27)30-16(15)31-7-6-28-17(31)35/h4-9H,1-3H3,(H,28,35). The fraction of sp³-hybridized carbons (Fsp3) is 0.300. The Kier molecular flexibility index (Phi) is 6.93. The second kappa shape index (κ2) is 9.28. The SMILES string of the molecule is Cc1nc(N(C(=O)Oc2c(C(F)(F)F)cc(C(F)(F)F)nc2-n2cc[nH]c2=S)C(C)C)ccc1F. The highest BCUT2D eigenvalue weighted by Gasteiger charge is 2.43. The van der Waals surface area contributed by atoms with Gasteiger partial charge in [-0.3, -0.25) is 9.47 Å². The highest BCUT2D eigenvalue weighted by molar-refractivity contribution is 7.71. The summed E-state index contributed by atoms with van der Waals surface area (Å²) in [6.45, 7) is 4.25. The van der Waals surface area contributed by atoms with E-state index in [0.717, 1.165) is 29.4 Å². The van der Waals surface area contributed by atoms with Crippen LogP contribution in [-0.4, -0.2) is 31.7 Å². The quantitative estimate of drug-likeness (QED) is 0.325. The molecule has 0 saturated carbocycles. The van der Waals surface area contributed by atoms with Gasteiger partial charge in [-0.2, -0.15) is 26.3 Å². The van der Waals surface area contributed by atoms with Crippen molar-refractivity contribution in [1.82, 2.24) is 19.5 Å². The number of H-pyrrole nitrogens is 1. The van der Waals surface area contributed by atoms with Gasteiger partial charge in [0.1, 0.15) is 22.9 Å². The third kappa shape index (κ3) is 5.44. The van der Waals surface area contributed by atoms with Gasteiger partial charge in [-0.05, 0) is 51.2 Å². The summed E-state index contributed by atoms with van der Waals surface area (Å²) in [6, 6.07) is 1.07. The maximum absolute atomic E-state index is 13.9. The van der Waals surface area contributed by atoms with Crippen LogP contribution in [0.4, 0.5) is 41.3 Å². The number of anilines is 1. The number of nitrogens with one attached hydrogen (secondary N) is 1. The zero-order valence-corrected chi connectivity index (χ0v) is 18.9. The minimum Gasteiger partial charge on any atom is -0.405 e. The van der Waals surface area contributed by atoms with E-state index in [0.29, 0.717) is 4.57 Å². The van der Waals surface area contributed by atoms with Crippen LogP contribution < -0.4 is 9.64 Å². The van der Waals surface area contributed by atoms with Gasteiger partial charge in [0.15, 0.2) is 16.3 Å². The summed E-state index contributed by atoms with van der Waals surface area (Å²) in [5.74, 6) is -3.17. The summed E-state index contributed by atoms with van der Waals surface area (Å²) in [7, 11) is 0. The zero-order chi connectivity index (χ0) is 26.3. The van der Waals surface area contributed by atoms with E-state index in [9.17, 15) is 35.5 Å². The number of hydrogen-bond donors (Lipinski definition) is 1. The number of carbonyl (C=O) groups is 1. The molecule has 0 radical (unpaired) electrons. The normalized spacial score (nSPS) is 12.2. The van der Waals surface area contributed by atoms with E-state index in [-0.39, 0.29) is 22.3 Å². The molecular formula is C20H16F7N5O2S. The van der Waals surface area contributed by atoms with Crippen molar-refractivity contribution in [2.45, 2.75) is 39.2 Å². The van der Waals surface area contributed by atoms with E-state index in [1.807, 2.05) is 0 Å². The largest absolute Gasteiger partial charge is 0.433 e. The van der Waals surface area contributed by atoms with E-state index < -0.39 is 53.1 Å². The average molecular weight is 523 g/mol. The first-order chi connectivity index (χ1) is 16.1. The van der Waals surface area contributed by atoms with E-state index >= 15 is 0 Å². The topological polar surface area (TPSA) is 76.0 Å². The highest BCUT2D eigenvalue weighted by atomic mass is 32.1. The summed E-state index contributed by atoms with van der Waals surface area (Å²) < 4.78 is 101. The summed E-state index contributed by atoms with van der Waals surface area (Å²) in [5.41, 5.74) is -3.88. The van der Waals surface area contributed by atoms with Crippen LogP contribution >= 0.6 is 12.2 Å². The molecule has 1 amide bonds. The fourth-order valence-corrected chi connectivity index (χ4v) is 3.21. The number of aromatic nitrogens is 4. The molecule has 3 rings (SSSR count). The van der Waals surface area contributed by atoms with Crippen LogP contribution in [0.1, 0.15) is 30.8 Å². The molecular weight excluding hydrogens is 507 g/mol. The smallest absolute Gasteiger partial charge is 0.405 e. The van der Waals surface area contributed by atoms with Crippen molar-refractivity contribution in [1.29, 1.82) is 0 Å². The van der Waals surface area contributed by atoms with E-state index in [2.05, 4.69) is 15.0 Å². The zero-order valence-electron chi connectivity index (χ0n) is 18.1. The van der Waals surface area contributed by atoms with E-state index in [1.165, 1.54) is 20.8 Å². The van der Waals surface area contributed by atoms with Gasteiger partial charge < -0.3 is 9.72 Å². The van der Waals surface area contributed by atoms with Crippen molar-refractivity contribution in [3.63, 3.8) is 0 Å². The minimum atomic E-state index is -5.38. The average Bonchev–Trinajstić information content (AvgIpc) is 3.14. The van der Waals surface area contributed by atoms with Crippen LogP contribution in [-0.2, 0) is 12.4 Å². The van der Waals surface area contributed by atoms with Gasteiger partial charge in [0.25, 0.3) is 0 Å². The first kappa shape index (κ1) is 26.1. The molecule has 188 valence electrons. The minimum absolute atomic E-state index is 0.104. The number of alkyl halides is 6. The van der Waals surface area contributed by atoms with Crippen molar-refractivity contribution in [3.05, 3.63) is 58.1 Å². The third-order valence-corrected chi connectivity index (χ3v) is 4.90. The molecule has 15 heteroatoms. The van der Waals surface area contributed by atoms with Gasteiger partial charge in [0.05, 0.1) is 5.69 Å². The predicted octanol–water partition coefficient (Wildman–Crippen LogP) is 6.22. The number of hydrogen-bond acceptors (Lipinski definition) is 5. The Morgan fingerprint density at radius 3 is 2.29 bits per heavy atom. The maximum Gasteiger partial charge on any atom is 0.433 e. The number of halogens is 7. The fourth-order valence-electron chi connectivity index (χ4n) is 3.00. The Hall–Kier alpha value is -3.49. The monoisotopic (exact) mass is 523 g/mol. The van der Waals surface area contributed by atoms with Gasteiger partial charge in [0.2, 0.25) is 0 Å². The molecule has 0 aliphatic rings. The van der Waals surface area contributed by atoms with Crippen molar-refractivity contribution in [2.24, 2.45) is 0 Å². The van der Waals surface area contributed by atoms with E-state index in [1.54, 1.807) is 0 Å². The molecule has 0 saturated heterocycles. The molecule has 0 spiro atoms. The van der Waals surface area contributed by atoms with Crippen LogP contribution in [0.15, 0.2) is 30.6 Å². The number of aromatic amines is 1. The molecule has 35 heavy (non-hydrogen) atoms. The van der Waals surface area contributed by atoms with Crippen molar-refractivity contribution >= 4 is 24.1 Å². The Morgan fingerprint density at radius 1 is 1.14 bits per heavy atom. The Morgan fingerprint density at radius 2 is 1.80 bits per heavy atom. The lowest BCUT2D eigenvalue weighted by Gasteiger charge is -2.26. The number of amides is 1. The van der Waals surface area contributed by atoms with Gasteiger partial charge in [-0.1, -0.05) is 0 Å². The van der Waals surface area contributed by atoms with Crippen LogP contribution in [0.25, 0.3) is 5.82 Å². The lowest BCUT2D eigenvalue weighted by molar-refractivity contribution is -0.146. The van der Waals surface area contributed by atoms with Crippen molar-refractivity contribution in [3.8, 4) is 11.6 Å². The molecule has 3 aromatic rings. The highest BCUT2D eigenvalue weighted by Crippen LogP contribution is 2.42. The van der Waals surface area contributed by atoms with Gasteiger partial charge in [-0.25, -0.2) is 19.2 Å². The Balaban J connectivity index is 2.23. The summed E-state index contributed by atoms with van der Waals surface area (Å²) in [4.78, 5) is 23.4. The predicted molar refractivity (Wildman–Crippen MR) is 111 cm³/mol. The molecule has 0 aliphatic carbocycles. The van der Waals surface area contributed by atoms with Gasteiger partial charge >= 0.3 is 18.4 Å². The van der Waals surface area contributed by atoms with Crippen LogP contribution in [0.2, 0.25) is 0 Å². The van der Waals surface area contributed by atoms with Crippen molar-refractivity contribution < 1.29 is 40.3 Å². The Labute approximate surface area is 198 Å². The van der Waals surface area contributed by atoms with Crippen LogP contribution in [0, 0.1) is 17.5 Å². The number of ether oxygens (including phenoxy) is 1. The number of imidazole rings is 1. The molecule has 0 bridgehead atoms. The summed E-state index contributed by atoms with van der Waals surface area (Å²) >= 11 is 4.92. The van der Waals surface area contributed by atoms with Crippen LogP contribution in [0.3, 0.4) is 0 Å². The molecule has 3 heterocycles. The number of aryl methyl sites for hydroxylation is 1. The molecule has 0 fully saturated rings. The van der Waals surface area contributed by atoms with Crippen LogP contribution in [0.5, 0.6) is 5.75 Å². The number of rotatable bonds is 4. The number of carbonyl (C=O) groups excluding carboxylic acids is 1.